The van der Waals surface area contributed by atoms with Crippen LogP contribution in [0.25, 0.3) is 0 Å². The van der Waals surface area contributed by atoms with Crippen LogP contribution in [-0.2, 0) is 30.3 Å². The molecule has 2 aromatic carbocycles. The second-order valence-electron chi connectivity index (χ2n) is 12.8. The van der Waals surface area contributed by atoms with Gasteiger partial charge in [-0.1, -0.05) is 67.9 Å². The Hall–Kier alpha value is -3.53. The maximum Gasteiger partial charge on any atom is 0.408 e. The van der Waals surface area contributed by atoms with Crippen LogP contribution in [0, 0.1) is 6.92 Å². The summed E-state index contributed by atoms with van der Waals surface area (Å²) in [5.41, 5.74) is 0.692. The summed E-state index contributed by atoms with van der Waals surface area (Å²) in [6, 6.07) is 13.5. The van der Waals surface area contributed by atoms with Crippen LogP contribution in [0.4, 0.5) is 4.79 Å². The van der Waals surface area contributed by atoms with Gasteiger partial charge in [-0.25, -0.2) is 9.59 Å². The number of hydrogen-bond acceptors (Lipinski definition) is 7. The molecule has 0 heterocycles. The van der Waals surface area contributed by atoms with Crippen LogP contribution < -0.4 is 10.6 Å². The average Bonchev–Trinajstić information content (AvgIpc) is 2.92. The molecule has 0 aromatic heterocycles. The van der Waals surface area contributed by atoms with Gasteiger partial charge in [0.05, 0.1) is 0 Å². The summed E-state index contributed by atoms with van der Waals surface area (Å²) in [4.78, 5) is 56.0. The Morgan fingerprint density at radius 1 is 0.841 bits per heavy atom. The van der Waals surface area contributed by atoms with Crippen LogP contribution in [0.2, 0.25) is 0 Å². The number of carbonyl (C=O) groups is 4. The van der Waals surface area contributed by atoms with Crippen molar-refractivity contribution in [2.75, 3.05) is 12.3 Å². The van der Waals surface area contributed by atoms with E-state index in [0.29, 0.717) is 12.0 Å². The molecule has 242 valence electrons. The lowest BCUT2D eigenvalue weighted by molar-refractivity contribution is -0.159. The Balaban J connectivity index is 2.56. The Morgan fingerprint density at radius 2 is 1.43 bits per heavy atom. The van der Waals surface area contributed by atoms with Crippen molar-refractivity contribution < 1.29 is 28.7 Å². The van der Waals surface area contributed by atoms with Gasteiger partial charge in [-0.3, -0.25) is 9.59 Å². The standard InChI is InChI=1S/C34H49N3O6S/c1-9-10-20-37(30(39)27(22-44)36-32(41)43-34(6,7)8)28(25-19-15-14-16-23(25)2)29(38)35-26(31(40)42-33(3,4)5)21-24-17-12-11-13-18-24/h11-19,26-28,44H,9-10,20-22H2,1-8H3,(H,35,38)(H,36,41). The first-order chi connectivity index (χ1) is 20.6. The molecular formula is C34H49N3O6S. The van der Waals surface area contributed by atoms with Gasteiger partial charge in [-0.05, 0) is 71.6 Å². The highest BCUT2D eigenvalue weighted by atomic mass is 32.1. The van der Waals surface area contributed by atoms with E-state index in [1.807, 2.05) is 56.3 Å². The highest BCUT2D eigenvalue weighted by Gasteiger charge is 2.38. The van der Waals surface area contributed by atoms with Crippen molar-refractivity contribution in [3.05, 3.63) is 71.3 Å². The van der Waals surface area contributed by atoms with Crippen LogP contribution in [0.1, 0.15) is 84.0 Å². The molecular weight excluding hydrogens is 578 g/mol. The molecule has 44 heavy (non-hydrogen) atoms. The molecule has 0 aliphatic carbocycles. The minimum atomic E-state index is -1.10. The Labute approximate surface area is 267 Å². The number of thiol groups is 1. The number of hydrogen-bond donors (Lipinski definition) is 3. The van der Waals surface area contributed by atoms with Crippen molar-refractivity contribution in [2.45, 2.75) is 104 Å². The summed E-state index contributed by atoms with van der Waals surface area (Å²) < 4.78 is 11.1. The van der Waals surface area contributed by atoms with Crippen molar-refractivity contribution in [1.82, 2.24) is 15.5 Å². The molecule has 3 unspecified atom stereocenters. The molecule has 2 rings (SSSR count). The number of aryl methyl sites for hydroxylation is 1. The number of nitrogens with one attached hydrogen (secondary N) is 2. The minimum Gasteiger partial charge on any atom is -0.458 e. The Bertz CT molecular complexity index is 1260. The van der Waals surface area contributed by atoms with E-state index in [-0.39, 0.29) is 18.7 Å². The number of benzene rings is 2. The Kier molecular flexibility index (Phi) is 13.8. The molecule has 0 bridgehead atoms. The fraction of sp³-hybridized carbons (Fsp3) is 0.529. The topological polar surface area (TPSA) is 114 Å². The number of unbranched alkanes of at least 4 members (excludes halogenated alkanes) is 1. The lowest BCUT2D eigenvalue weighted by Gasteiger charge is -2.35. The first kappa shape index (κ1) is 36.7. The lowest BCUT2D eigenvalue weighted by atomic mass is 9.97. The SMILES string of the molecule is CCCCN(C(=O)C(CS)NC(=O)OC(C)(C)C)C(C(=O)NC(Cc1ccccc1)C(=O)OC(C)(C)C)c1ccccc1C. The predicted molar refractivity (Wildman–Crippen MR) is 175 cm³/mol. The van der Waals surface area contributed by atoms with Crippen molar-refractivity contribution in [2.24, 2.45) is 0 Å². The van der Waals surface area contributed by atoms with E-state index in [4.69, 9.17) is 9.47 Å². The van der Waals surface area contributed by atoms with Gasteiger partial charge in [0.1, 0.15) is 29.3 Å². The second-order valence-corrected chi connectivity index (χ2v) is 13.2. The van der Waals surface area contributed by atoms with Gasteiger partial charge in [-0.2, -0.15) is 12.6 Å². The van der Waals surface area contributed by atoms with Crippen LogP contribution in [0.3, 0.4) is 0 Å². The van der Waals surface area contributed by atoms with Crippen molar-refractivity contribution in [3.8, 4) is 0 Å². The third-order valence-electron chi connectivity index (χ3n) is 6.54. The van der Waals surface area contributed by atoms with E-state index in [0.717, 1.165) is 17.5 Å². The lowest BCUT2D eigenvalue weighted by Crippen LogP contribution is -2.55. The molecule has 0 aliphatic heterocycles. The molecule has 2 aromatic rings. The van der Waals surface area contributed by atoms with Crippen molar-refractivity contribution in [3.63, 3.8) is 0 Å². The van der Waals surface area contributed by atoms with Gasteiger partial charge in [0.2, 0.25) is 11.8 Å². The first-order valence-electron chi connectivity index (χ1n) is 15.1. The predicted octanol–water partition coefficient (Wildman–Crippen LogP) is 5.56. The molecule has 3 atom stereocenters. The number of esters is 1. The van der Waals surface area contributed by atoms with Crippen LogP contribution >= 0.6 is 12.6 Å². The first-order valence-corrected chi connectivity index (χ1v) is 15.7. The van der Waals surface area contributed by atoms with Crippen molar-refractivity contribution in [1.29, 1.82) is 0 Å². The van der Waals surface area contributed by atoms with E-state index in [2.05, 4.69) is 23.3 Å². The molecule has 3 amide bonds. The van der Waals surface area contributed by atoms with Gasteiger partial charge in [0, 0.05) is 18.7 Å². The zero-order valence-corrected chi connectivity index (χ0v) is 28.2. The zero-order chi connectivity index (χ0) is 33.1. The zero-order valence-electron chi connectivity index (χ0n) is 27.3. The summed E-state index contributed by atoms with van der Waals surface area (Å²) in [6.07, 6.45) is 0.799. The highest BCUT2D eigenvalue weighted by Crippen LogP contribution is 2.27. The summed E-state index contributed by atoms with van der Waals surface area (Å²) in [7, 11) is 0. The summed E-state index contributed by atoms with van der Waals surface area (Å²) >= 11 is 4.35. The van der Waals surface area contributed by atoms with E-state index < -0.39 is 53.2 Å². The number of ether oxygens (including phenoxy) is 2. The molecule has 0 saturated carbocycles. The minimum absolute atomic E-state index is 0.0165. The van der Waals surface area contributed by atoms with Gasteiger partial charge in [0.15, 0.2) is 0 Å². The molecule has 0 aliphatic rings. The number of nitrogens with zero attached hydrogens (tertiary/aromatic N) is 1. The van der Waals surface area contributed by atoms with E-state index in [1.165, 1.54) is 4.90 Å². The van der Waals surface area contributed by atoms with E-state index in [9.17, 15) is 19.2 Å². The molecule has 0 saturated heterocycles. The second kappa shape index (κ2) is 16.5. The van der Waals surface area contributed by atoms with Crippen LogP contribution in [-0.4, -0.2) is 64.4 Å². The highest BCUT2D eigenvalue weighted by molar-refractivity contribution is 7.80. The maximum absolute atomic E-state index is 14.4. The monoisotopic (exact) mass is 627 g/mol. The van der Waals surface area contributed by atoms with Gasteiger partial charge in [0.25, 0.3) is 0 Å². The third-order valence-corrected chi connectivity index (χ3v) is 6.91. The number of rotatable bonds is 13. The quantitative estimate of drug-likeness (QED) is 0.198. The summed E-state index contributed by atoms with van der Waals surface area (Å²) in [5, 5.41) is 5.54. The fourth-order valence-corrected chi connectivity index (χ4v) is 4.79. The number of alkyl carbamates (subject to hydrolysis) is 1. The fourth-order valence-electron chi connectivity index (χ4n) is 4.54. The van der Waals surface area contributed by atoms with Crippen LogP contribution in [0.15, 0.2) is 54.6 Å². The van der Waals surface area contributed by atoms with E-state index in [1.54, 1.807) is 53.7 Å². The van der Waals surface area contributed by atoms with Gasteiger partial charge >= 0.3 is 12.1 Å². The van der Waals surface area contributed by atoms with Gasteiger partial charge < -0.3 is 25.0 Å². The molecule has 0 fully saturated rings. The number of amides is 3. The average molecular weight is 628 g/mol. The van der Waals surface area contributed by atoms with Crippen molar-refractivity contribution >= 4 is 36.5 Å². The van der Waals surface area contributed by atoms with Crippen LogP contribution in [0.5, 0.6) is 0 Å². The van der Waals surface area contributed by atoms with E-state index >= 15 is 0 Å². The molecule has 9 nitrogen and oxygen atoms in total. The van der Waals surface area contributed by atoms with Gasteiger partial charge in [-0.15, -0.1) is 0 Å². The molecule has 10 heteroatoms. The largest absolute Gasteiger partial charge is 0.458 e. The maximum atomic E-state index is 14.4. The third kappa shape index (κ3) is 11.9. The smallest absolute Gasteiger partial charge is 0.408 e. The number of carbonyl (C=O) groups excluding carboxylic acids is 4. The molecule has 0 spiro atoms. The Morgan fingerprint density at radius 3 is 1.98 bits per heavy atom. The molecule has 2 N–H and O–H groups in total. The summed E-state index contributed by atoms with van der Waals surface area (Å²) in [5.74, 6) is -1.62. The normalized spacial score (nSPS) is 13.7. The molecule has 0 radical (unpaired) electrons. The summed E-state index contributed by atoms with van der Waals surface area (Å²) in [6.45, 7) is 14.6.